The third kappa shape index (κ3) is 1.94. The lowest BCUT2D eigenvalue weighted by Gasteiger charge is -1.95. The fourth-order valence-corrected chi connectivity index (χ4v) is 1.70. The minimum Gasteiger partial charge on any atom is -0.481 e. The summed E-state index contributed by atoms with van der Waals surface area (Å²) in [5.74, 6) is -0.820. The Morgan fingerprint density at radius 3 is 3.07 bits per heavy atom. The number of fused-ring (bicyclic) bond motifs is 1. The molecule has 4 nitrogen and oxygen atoms in total. The molecule has 0 radical (unpaired) electrons. The van der Waals surface area contributed by atoms with Crippen molar-refractivity contribution in [1.29, 1.82) is 0 Å². The van der Waals surface area contributed by atoms with Gasteiger partial charge in [0, 0.05) is 17.5 Å². The Morgan fingerprint density at radius 1 is 1.53 bits per heavy atom. The van der Waals surface area contributed by atoms with Gasteiger partial charge in [-0.1, -0.05) is 23.7 Å². The number of para-hydroxylation sites is 1. The van der Waals surface area contributed by atoms with Gasteiger partial charge in [-0.3, -0.25) is 9.89 Å². The highest BCUT2D eigenvalue weighted by Gasteiger charge is 2.08. The van der Waals surface area contributed by atoms with Crippen molar-refractivity contribution >= 4 is 28.5 Å². The average molecular weight is 225 g/mol. The first kappa shape index (κ1) is 9.98. The number of hydrogen-bond acceptors (Lipinski definition) is 2. The number of carboxylic acids is 1. The quantitative estimate of drug-likeness (QED) is 0.840. The lowest BCUT2D eigenvalue weighted by atomic mass is 10.1. The number of H-pyrrole nitrogens is 1. The van der Waals surface area contributed by atoms with Crippen LogP contribution in [0.15, 0.2) is 18.2 Å². The highest BCUT2D eigenvalue weighted by Crippen LogP contribution is 2.23. The summed E-state index contributed by atoms with van der Waals surface area (Å²) in [6.07, 6.45) is 0.524. The second-order valence-corrected chi connectivity index (χ2v) is 3.64. The minimum atomic E-state index is -0.820. The highest BCUT2D eigenvalue weighted by atomic mass is 35.5. The van der Waals surface area contributed by atoms with Gasteiger partial charge in [-0.25, -0.2) is 0 Å². The van der Waals surface area contributed by atoms with Gasteiger partial charge in [0.1, 0.15) is 5.52 Å². The van der Waals surface area contributed by atoms with Crippen molar-refractivity contribution in [1.82, 2.24) is 10.2 Å². The van der Waals surface area contributed by atoms with E-state index in [4.69, 9.17) is 16.7 Å². The number of benzene rings is 1. The molecule has 0 saturated heterocycles. The summed E-state index contributed by atoms with van der Waals surface area (Å²) in [6, 6.07) is 5.46. The zero-order chi connectivity index (χ0) is 10.8. The number of aliphatic carboxylic acids is 1. The number of nitrogens with zero attached hydrogens (tertiary/aromatic N) is 1. The molecular formula is C10H9ClN2O2. The second kappa shape index (κ2) is 3.90. The average Bonchev–Trinajstić information content (AvgIpc) is 2.59. The standard InChI is InChI=1S/C10H9ClN2O2/c11-7-3-1-2-6-8(4-5-9(14)15)12-13-10(6)7/h1-3H,4-5H2,(H,12,13)(H,14,15). The lowest BCUT2D eigenvalue weighted by molar-refractivity contribution is -0.136. The number of rotatable bonds is 3. The molecule has 5 heteroatoms. The van der Waals surface area contributed by atoms with Gasteiger partial charge in [-0.05, 0) is 6.07 Å². The number of carboxylic acid groups (broad SMARTS) is 1. The van der Waals surface area contributed by atoms with Gasteiger partial charge in [-0.15, -0.1) is 0 Å². The van der Waals surface area contributed by atoms with E-state index in [1.54, 1.807) is 6.07 Å². The highest BCUT2D eigenvalue weighted by molar-refractivity contribution is 6.35. The van der Waals surface area contributed by atoms with Gasteiger partial charge >= 0.3 is 5.97 Å². The van der Waals surface area contributed by atoms with E-state index in [2.05, 4.69) is 10.2 Å². The van der Waals surface area contributed by atoms with Gasteiger partial charge in [0.25, 0.3) is 0 Å². The molecule has 2 aromatic rings. The van der Waals surface area contributed by atoms with Crippen LogP contribution in [0.1, 0.15) is 12.1 Å². The number of aromatic amines is 1. The summed E-state index contributed by atoms with van der Waals surface area (Å²) >= 11 is 5.93. The number of hydrogen-bond donors (Lipinski definition) is 2. The van der Waals surface area contributed by atoms with Crippen molar-refractivity contribution in [3.8, 4) is 0 Å². The molecule has 2 N–H and O–H groups in total. The molecular weight excluding hydrogens is 216 g/mol. The maximum atomic E-state index is 10.4. The van der Waals surface area contributed by atoms with E-state index in [0.29, 0.717) is 17.0 Å². The molecule has 0 bridgehead atoms. The van der Waals surface area contributed by atoms with Crippen LogP contribution >= 0.6 is 11.6 Å². The summed E-state index contributed by atoms with van der Waals surface area (Å²) in [4.78, 5) is 10.4. The Bertz CT molecular complexity index is 507. The van der Waals surface area contributed by atoms with E-state index in [-0.39, 0.29) is 6.42 Å². The minimum absolute atomic E-state index is 0.0871. The third-order valence-corrected chi connectivity index (χ3v) is 2.51. The van der Waals surface area contributed by atoms with Crippen molar-refractivity contribution in [2.45, 2.75) is 12.8 Å². The van der Waals surface area contributed by atoms with Crippen LogP contribution in [0.25, 0.3) is 10.9 Å². The molecule has 0 atom stereocenters. The van der Waals surface area contributed by atoms with Crippen molar-refractivity contribution in [2.24, 2.45) is 0 Å². The van der Waals surface area contributed by atoms with Crippen molar-refractivity contribution < 1.29 is 9.90 Å². The normalized spacial score (nSPS) is 10.7. The molecule has 0 fully saturated rings. The van der Waals surface area contributed by atoms with Crippen molar-refractivity contribution in [3.05, 3.63) is 28.9 Å². The molecule has 1 aromatic carbocycles. The summed E-state index contributed by atoms with van der Waals surface area (Å²) in [6.45, 7) is 0. The Hall–Kier alpha value is -1.55. The fraction of sp³-hybridized carbons (Fsp3) is 0.200. The van der Waals surface area contributed by atoms with Gasteiger partial charge < -0.3 is 5.11 Å². The van der Waals surface area contributed by atoms with Crippen LogP contribution < -0.4 is 0 Å². The van der Waals surface area contributed by atoms with Gasteiger partial charge in [0.2, 0.25) is 0 Å². The topological polar surface area (TPSA) is 66.0 Å². The van der Waals surface area contributed by atoms with Crippen LogP contribution in [0.5, 0.6) is 0 Å². The molecule has 0 aliphatic rings. The number of carbonyl (C=O) groups is 1. The lowest BCUT2D eigenvalue weighted by Crippen LogP contribution is -1.97. The van der Waals surface area contributed by atoms with Crippen LogP contribution in [0.2, 0.25) is 5.02 Å². The van der Waals surface area contributed by atoms with Crippen LogP contribution in [0.4, 0.5) is 0 Å². The predicted octanol–water partition coefficient (Wildman–Crippen LogP) is 2.23. The van der Waals surface area contributed by atoms with Gasteiger partial charge in [0.05, 0.1) is 11.4 Å². The molecule has 0 unspecified atom stereocenters. The molecule has 0 saturated carbocycles. The van der Waals surface area contributed by atoms with E-state index in [1.807, 2.05) is 12.1 Å². The molecule has 2 rings (SSSR count). The molecule has 0 aliphatic heterocycles. The summed E-state index contributed by atoms with van der Waals surface area (Å²) in [5.41, 5.74) is 1.51. The van der Waals surface area contributed by atoms with Crippen LogP contribution in [0.3, 0.4) is 0 Å². The maximum absolute atomic E-state index is 10.4. The molecule has 1 aromatic heterocycles. The van der Waals surface area contributed by atoms with Crippen LogP contribution in [-0.2, 0) is 11.2 Å². The summed E-state index contributed by atoms with van der Waals surface area (Å²) in [5, 5.41) is 16.9. The van der Waals surface area contributed by atoms with Crippen molar-refractivity contribution in [3.63, 3.8) is 0 Å². The Kier molecular flexibility index (Phi) is 2.60. The van der Waals surface area contributed by atoms with E-state index in [0.717, 1.165) is 11.1 Å². The number of halogens is 1. The van der Waals surface area contributed by atoms with E-state index in [1.165, 1.54) is 0 Å². The molecule has 1 heterocycles. The molecule has 78 valence electrons. The van der Waals surface area contributed by atoms with Gasteiger partial charge in [-0.2, -0.15) is 5.10 Å². The number of aryl methyl sites for hydroxylation is 1. The van der Waals surface area contributed by atoms with E-state index < -0.39 is 5.97 Å². The van der Waals surface area contributed by atoms with E-state index >= 15 is 0 Å². The van der Waals surface area contributed by atoms with Crippen molar-refractivity contribution in [2.75, 3.05) is 0 Å². The third-order valence-electron chi connectivity index (χ3n) is 2.20. The monoisotopic (exact) mass is 224 g/mol. The first-order valence-corrected chi connectivity index (χ1v) is 4.89. The van der Waals surface area contributed by atoms with E-state index in [9.17, 15) is 4.79 Å². The fourth-order valence-electron chi connectivity index (χ4n) is 1.48. The molecule has 0 aliphatic carbocycles. The smallest absolute Gasteiger partial charge is 0.303 e. The maximum Gasteiger partial charge on any atom is 0.303 e. The Labute approximate surface area is 90.9 Å². The number of aromatic nitrogens is 2. The summed E-state index contributed by atoms with van der Waals surface area (Å²) < 4.78 is 0. The molecule has 0 spiro atoms. The SMILES string of the molecule is O=C(O)CCc1[nH]nc2c(Cl)cccc12. The summed E-state index contributed by atoms with van der Waals surface area (Å²) in [7, 11) is 0. The zero-order valence-corrected chi connectivity index (χ0v) is 8.58. The van der Waals surface area contributed by atoms with Gasteiger partial charge in [0.15, 0.2) is 0 Å². The zero-order valence-electron chi connectivity index (χ0n) is 7.83. The van der Waals surface area contributed by atoms with Crippen LogP contribution in [-0.4, -0.2) is 21.3 Å². The first-order chi connectivity index (χ1) is 7.18. The molecule has 15 heavy (non-hydrogen) atoms. The largest absolute Gasteiger partial charge is 0.481 e. The second-order valence-electron chi connectivity index (χ2n) is 3.23. The number of nitrogens with one attached hydrogen (secondary N) is 1. The molecule has 0 amide bonds. The predicted molar refractivity (Wildman–Crippen MR) is 57.1 cm³/mol. The Morgan fingerprint density at radius 2 is 2.33 bits per heavy atom. The Balaban J connectivity index is 2.37. The first-order valence-electron chi connectivity index (χ1n) is 4.52. The van der Waals surface area contributed by atoms with Crippen LogP contribution in [0, 0.1) is 0 Å².